The molecule has 0 aromatic carbocycles. The Morgan fingerprint density at radius 1 is 0.556 bits per heavy atom. The van der Waals surface area contributed by atoms with Crippen molar-refractivity contribution in [2.75, 3.05) is 39.6 Å². The molecule has 0 amide bonds. The third-order valence-electron chi connectivity index (χ3n) is 4.35. The molecule has 0 radical (unpaired) electrons. The molecule has 0 fully saturated rings. The zero-order valence-corrected chi connectivity index (χ0v) is 20.5. The number of nitrogens with two attached hydrogens (primary N) is 1. The van der Waals surface area contributed by atoms with Crippen LogP contribution in [0.1, 0.15) is 67.7 Å². The summed E-state index contributed by atoms with van der Waals surface area (Å²) in [5.74, 6) is 0. The van der Waals surface area contributed by atoms with Crippen LogP contribution in [0.4, 0.5) is 0 Å². The van der Waals surface area contributed by atoms with Crippen molar-refractivity contribution >= 4 is 17.6 Å². The summed E-state index contributed by atoms with van der Waals surface area (Å²) in [4.78, 5) is 0. The second-order valence-corrected chi connectivity index (χ2v) is 11.8. The molecule has 0 aromatic heterocycles. The first-order valence-electron chi connectivity index (χ1n) is 10.5. The summed E-state index contributed by atoms with van der Waals surface area (Å²) in [5.41, 5.74) is 6.45. The van der Waals surface area contributed by atoms with Gasteiger partial charge in [-0.2, -0.15) is 0 Å². The monoisotopic (exact) mass is 425 g/mol. The van der Waals surface area contributed by atoms with Gasteiger partial charge >= 0.3 is 17.6 Å². The van der Waals surface area contributed by atoms with Gasteiger partial charge in [0.15, 0.2) is 0 Å². The summed E-state index contributed by atoms with van der Waals surface area (Å²) in [5, 5.41) is 0. The highest BCUT2D eigenvalue weighted by Crippen LogP contribution is 2.34. The van der Waals surface area contributed by atoms with Crippen molar-refractivity contribution in [3.8, 4) is 0 Å². The van der Waals surface area contributed by atoms with Crippen molar-refractivity contribution < 1.29 is 26.6 Å². The van der Waals surface area contributed by atoms with Gasteiger partial charge in [-0.15, -0.1) is 0 Å². The second kappa shape index (κ2) is 15.1. The lowest BCUT2D eigenvalue weighted by Gasteiger charge is -2.37. The summed E-state index contributed by atoms with van der Waals surface area (Å²) >= 11 is 0. The van der Waals surface area contributed by atoms with E-state index in [1.54, 1.807) is 0 Å². The van der Waals surface area contributed by atoms with Crippen molar-refractivity contribution in [1.29, 1.82) is 0 Å². The van der Waals surface area contributed by atoms with Crippen LogP contribution in [0.3, 0.4) is 0 Å². The van der Waals surface area contributed by atoms with Gasteiger partial charge in [0.05, 0.1) is 5.67 Å². The third-order valence-corrected chi connectivity index (χ3v) is 11.4. The first-order chi connectivity index (χ1) is 13.0. The number of hydrogen-bond acceptors (Lipinski definition) is 7. The molecule has 0 heterocycles. The largest absolute Gasteiger partial charge is 0.518 e. The van der Waals surface area contributed by atoms with Crippen LogP contribution in [-0.4, -0.2) is 62.9 Å². The summed E-state index contributed by atoms with van der Waals surface area (Å²) in [7, 11) is -5.69. The third kappa shape index (κ3) is 8.19. The fourth-order valence-electron chi connectivity index (χ4n) is 3.32. The maximum atomic E-state index is 6.56. The van der Waals surface area contributed by atoms with E-state index in [0.29, 0.717) is 46.1 Å². The van der Waals surface area contributed by atoms with Gasteiger partial charge in [-0.1, -0.05) is 6.92 Å². The highest BCUT2D eigenvalue weighted by atomic mass is 28.4. The van der Waals surface area contributed by atoms with Crippen molar-refractivity contribution in [3.05, 3.63) is 0 Å². The van der Waals surface area contributed by atoms with Gasteiger partial charge < -0.3 is 32.3 Å². The molecule has 164 valence electrons. The normalized spacial score (nSPS) is 15.1. The van der Waals surface area contributed by atoms with Crippen LogP contribution in [0.25, 0.3) is 0 Å². The summed E-state index contributed by atoms with van der Waals surface area (Å²) in [6, 6.07) is 0. The average Bonchev–Trinajstić information content (AvgIpc) is 2.63. The van der Waals surface area contributed by atoms with E-state index < -0.39 is 17.6 Å². The topological polar surface area (TPSA) is 81.4 Å². The van der Waals surface area contributed by atoms with E-state index in [2.05, 4.69) is 6.92 Å². The fraction of sp³-hybridized carbons (Fsp3) is 1.00. The van der Waals surface area contributed by atoms with Gasteiger partial charge in [-0.05, 0) is 60.8 Å². The van der Waals surface area contributed by atoms with Crippen molar-refractivity contribution in [1.82, 2.24) is 0 Å². The smallest absolute Gasteiger partial charge is 0.374 e. The van der Waals surface area contributed by atoms with Crippen LogP contribution in [0, 0.1) is 0 Å². The lowest BCUT2D eigenvalue weighted by atomic mass is 10.2. The molecule has 7 nitrogen and oxygen atoms in total. The van der Waals surface area contributed by atoms with E-state index in [1.807, 2.05) is 41.5 Å². The molecule has 0 aliphatic carbocycles. The first kappa shape index (κ1) is 27.2. The van der Waals surface area contributed by atoms with Crippen LogP contribution in [-0.2, 0) is 26.6 Å². The summed E-state index contributed by atoms with van der Waals surface area (Å²) in [6.45, 7) is 17.2. The fourth-order valence-corrected chi connectivity index (χ4v) is 9.12. The van der Waals surface area contributed by atoms with Crippen LogP contribution in [0.2, 0.25) is 5.54 Å². The Bertz CT molecular complexity index is 331. The van der Waals surface area contributed by atoms with Gasteiger partial charge in [0, 0.05) is 45.2 Å². The van der Waals surface area contributed by atoms with Crippen LogP contribution in [0.5, 0.6) is 0 Å². The minimum Gasteiger partial charge on any atom is -0.374 e. The van der Waals surface area contributed by atoms with Crippen molar-refractivity contribution in [2.24, 2.45) is 5.73 Å². The Morgan fingerprint density at radius 2 is 0.889 bits per heavy atom. The summed E-state index contributed by atoms with van der Waals surface area (Å²) < 4.78 is 36.1. The Labute approximate surface area is 168 Å². The zero-order chi connectivity index (χ0) is 20.8. The van der Waals surface area contributed by atoms with E-state index >= 15 is 0 Å². The van der Waals surface area contributed by atoms with Gasteiger partial charge in [0.1, 0.15) is 0 Å². The molecule has 0 spiro atoms. The SMILES string of the molecule is CCO[Si](OCC)(OCC)C(N)CCC(CC)[Si](OCC)(OCC)OCC. The predicted octanol–water partition coefficient (Wildman–Crippen LogP) is 3.51. The van der Waals surface area contributed by atoms with Crippen molar-refractivity contribution in [3.63, 3.8) is 0 Å². The molecular weight excluding hydrogens is 382 g/mol. The minimum atomic E-state index is -2.92. The van der Waals surface area contributed by atoms with E-state index in [1.165, 1.54) is 0 Å². The molecule has 0 rings (SSSR count). The van der Waals surface area contributed by atoms with Crippen molar-refractivity contribution in [2.45, 2.75) is 78.9 Å². The highest BCUT2D eigenvalue weighted by molar-refractivity contribution is 6.63. The van der Waals surface area contributed by atoms with Gasteiger partial charge in [0.2, 0.25) is 0 Å². The van der Waals surface area contributed by atoms with E-state index in [0.717, 1.165) is 12.8 Å². The molecule has 0 aliphatic rings. The molecule has 2 unspecified atom stereocenters. The maximum absolute atomic E-state index is 6.56. The number of rotatable bonds is 18. The highest BCUT2D eigenvalue weighted by Gasteiger charge is 2.51. The Hall–Kier alpha value is 0.154. The lowest BCUT2D eigenvalue weighted by Crippen LogP contribution is -2.60. The van der Waals surface area contributed by atoms with Gasteiger partial charge in [-0.25, -0.2) is 0 Å². The molecular formula is C18H43NO6Si2. The Balaban J connectivity index is 5.35. The molecule has 0 saturated carbocycles. The standard InChI is InChI=1S/C18H43NO6Si2/c1-8-17(26(20-9-2,21-10-3)22-11-4)15-16-18(19)27(23-12-5,24-13-6)25-14-7/h17-18H,8-16,19H2,1-7H3. The zero-order valence-electron chi connectivity index (χ0n) is 18.5. The predicted molar refractivity (Wildman–Crippen MR) is 113 cm³/mol. The quantitative estimate of drug-likeness (QED) is 0.336. The molecule has 0 aliphatic heterocycles. The van der Waals surface area contributed by atoms with Crippen LogP contribution < -0.4 is 5.73 Å². The molecule has 0 bridgehead atoms. The van der Waals surface area contributed by atoms with E-state index in [9.17, 15) is 0 Å². The lowest BCUT2D eigenvalue weighted by molar-refractivity contribution is 0.0534. The molecule has 0 saturated heterocycles. The molecule has 0 aromatic rings. The minimum absolute atomic E-state index is 0.181. The van der Waals surface area contributed by atoms with Crippen LogP contribution >= 0.6 is 0 Å². The first-order valence-corrected chi connectivity index (χ1v) is 14.1. The van der Waals surface area contributed by atoms with E-state index in [-0.39, 0.29) is 11.2 Å². The second-order valence-electron chi connectivity index (χ2n) is 6.09. The molecule has 27 heavy (non-hydrogen) atoms. The maximum Gasteiger partial charge on any atom is 0.518 e. The van der Waals surface area contributed by atoms with Gasteiger partial charge in [-0.3, -0.25) is 0 Å². The summed E-state index contributed by atoms with van der Waals surface area (Å²) in [6.07, 6.45) is 2.45. The Kier molecular flexibility index (Phi) is 15.1. The number of hydrogen-bond donors (Lipinski definition) is 1. The van der Waals surface area contributed by atoms with E-state index in [4.69, 9.17) is 32.3 Å². The Morgan fingerprint density at radius 3 is 1.19 bits per heavy atom. The van der Waals surface area contributed by atoms with Gasteiger partial charge in [0.25, 0.3) is 0 Å². The molecule has 9 heteroatoms. The van der Waals surface area contributed by atoms with Crippen LogP contribution in [0.15, 0.2) is 0 Å². The molecule has 2 atom stereocenters. The molecule has 2 N–H and O–H groups in total. The average molecular weight is 426 g/mol.